The zero-order chi connectivity index (χ0) is 16.9. The quantitative estimate of drug-likeness (QED) is 0.329. The molecule has 1 fully saturated rings. The molecule has 0 aromatic rings. The second-order valence-electron chi connectivity index (χ2n) is 6.72. The molecule has 0 bridgehead atoms. The Balaban J connectivity index is 2.09. The largest absolute Gasteiger partial charge is 0.351 e. The maximum Gasteiger partial charge on any atom is 0.177 e. The summed E-state index contributed by atoms with van der Waals surface area (Å²) in [6, 6.07) is 0. The van der Waals surface area contributed by atoms with Gasteiger partial charge in [0.1, 0.15) is 0 Å². The van der Waals surface area contributed by atoms with Crippen LogP contribution in [0, 0.1) is 0 Å². The third-order valence-corrected chi connectivity index (χ3v) is 4.01. The van der Waals surface area contributed by atoms with Gasteiger partial charge in [-0.2, -0.15) is 5.48 Å². The fourth-order valence-corrected chi connectivity index (χ4v) is 2.50. The van der Waals surface area contributed by atoms with Gasteiger partial charge in [-0.05, 0) is 66.2 Å². The lowest BCUT2D eigenvalue weighted by molar-refractivity contribution is -0.194. The fourth-order valence-electron chi connectivity index (χ4n) is 2.50. The highest BCUT2D eigenvalue weighted by Gasteiger charge is 2.13. The van der Waals surface area contributed by atoms with E-state index < -0.39 is 0 Å². The van der Waals surface area contributed by atoms with Gasteiger partial charge in [-0.1, -0.05) is 34.9 Å². The summed E-state index contributed by atoms with van der Waals surface area (Å²) >= 11 is 0. The molecule has 132 valence electrons. The molecule has 1 N–H and O–H groups in total. The van der Waals surface area contributed by atoms with Gasteiger partial charge in [0.15, 0.2) is 6.29 Å². The highest BCUT2D eigenvalue weighted by Crippen LogP contribution is 2.13. The first-order valence-corrected chi connectivity index (χ1v) is 9.02. The van der Waals surface area contributed by atoms with Crippen LogP contribution in [0.2, 0.25) is 0 Å². The van der Waals surface area contributed by atoms with Crippen LogP contribution in [0.25, 0.3) is 0 Å². The highest BCUT2D eigenvalue weighted by atomic mass is 16.8. The van der Waals surface area contributed by atoms with Gasteiger partial charge in [0.25, 0.3) is 0 Å². The van der Waals surface area contributed by atoms with E-state index in [0.717, 1.165) is 45.3 Å². The van der Waals surface area contributed by atoms with Crippen LogP contribution < -0.4 is 5.48 Å². The van der Waals surface area contributed by atoms with Crippen molar-refractivity contribution in [1.29, 1.82) is 0 Å². The molecule has 23 heavy (non-hydrogen) atoms. The van der Waals surface area contributed by atoms with E-state index in [4.69, 9.17) is 9.57 Å². The van der Waals surface area contributed by atoms with Crippen LogP contribution in [0.4, 0.5) is 0 Å². The van der Waals surface area contributed by atoms with Crippen molar-refractivity contribution in [2.45, 2.75) is 78.9 Å². The molecule has 1 atom stereocenters. The Morgan fingerprint density at radius 3 is 2.35 bits per heavy atom. The van der Waals surface area contributed by atoms with Crippen molar-refractivity contribution in [3.8, 4) is 0 Å². The second kappa shape index (κ2) is 12.5. The van der Waals surface area contributed by atoms with Crippen LogP contribution in [-0.4, -0.2) is 19.4 Å². The topological polar surface area (TPSA) is 30.5 Å². The maximum atomic E-state index is 5.51. The third kappa shape index (κ3) is 11.3. The maximum absolute atomic E-state index is 5.51. The van der Waals surface area contributed by atoms with Crippen LogP contribution >= 0.6 is 0 Å². The van der Waals surface area contributed by atoms with E-state index in [0.29, 0.717) is 0 Å². The molecule has 3 nitrogen and oxygen atoms in total. The zero-order valence-corrected chi connectivity index (χ0v) is 15.5. The highest BCUT2D eigenvalue weighted by molar-refractivity contribution is 5.05. The van der Waals surface area contributed by atoms with E-state index in [9.17, 15) is 0 Å². The standard InChI is InChI=1S/C20H35NO2/c1-17(2)9-7-10-18(3)11-8-12-19(4)14-15-21-23-20-13-5-6-16-22-20/h9,11,14,20-21H,5-8,10,12-13,15-16H2,1-4H3. The fraction of sp³-hybridized carbons (Fsp3) is 0.700. The average molecular weight is 322 g/mol. The molecule has 1 saturated heterocycles. The van der Waals surface area contributed by atoms with Crippen LogP contribution in [-0.2, 0) is 9.57 Å². The van der Waals surface area contributed by atoms with Crippen LogP contribution in [0.15, 0.2) is 34.9 Å². The molecule has 1 aliphatic heterocycles. The molecule has 0 spiro atoms. The minimum Gasteiger partial charge on any atom is -0.351 e. The SMILES string of the molecule is CC(C)=CCCC(C)=CCCC(C)=CCNOC1CCCCO1. The summed E-state index contributed by atoms with van der Waals surface area (Å²) < 4.78 is 5.51. The molecule has 1 heterocycles. The molecular formula is C20H35NO2. The first kappa shape index (κ1) is 20.1. The van der Waals surface area contributed by atoms with Crippen molar-refractivity contribution in [2.24, 2.45) is 0 Å². The summed E-state index contributed by atoms with van der Waals surface area (Å²) in [5, 5.41) is 0. The molecule has 0 amide bonds. The third-order valence-electron chi connectivity index (χ3n) is 4.01. The monoisotopic (exact) mass is 321 g/mol. The van der Waals surface area contributed by atoms with E-state index in [1.807, 2.05) is 0 Å². The van der Waals surface area contributed by atoms with Gasteiger partial charge in [0.05, 0.1) is 0 Å². The molecule has 1 rings (SSSR count). The predicted molar refractivity (Wildman–Crippen MR) is 98.1 cm³/mol. The first-order chi connectivity index (χ1) is 11.1. The van der Waals surface area contributed by atoms with Crippen molar-refractivity contribution < 1.29 is 9.57 Å². The number of hydroxylamine groups is 1. The predicted octanol–water partition coefficient (Wildman–Crippen LogP) is 5.45. The van der Waals surface area contributed by atoms with Gasteiger partial charge < -0.3 is 4.74 Å². The van der Waals surface area contributed by atoms with Crippen molar-refractivity contribution in [2.75, 3.05) is 13.2 Å². The lowest BCUT2D eigenvalue weighted by atomic mass is 10.1. The molecule has 0 aliphatic carbocycles. The summed E-state index contributed by atoms with van der Waals surface area (Å²) in [7, 11) is 0. The molecule has 0 aromatic heterocycles. The van der Waals surface area contributed by atoms with E-state index in [1.165, 1.54) is 29.6 Å². The van der Waals surface area contributed by atoms with Crippen LogP contribution in [0.5, 0.6) is 0 Å². The zero-order valence-electron chi connectivity index (χ0n) is 15.5. The molecule has 0 aromatic carbocycles. The van der Waals surface area contributed by atoms with Gasteiger partial charge in [0.2, 0.25) is 0 Å². The van der Waals surface area contributed by atoms with Gasteiger partial charge in [-0.25, -0.2) is 0 Å². The van der Waals surface area contributed by atoms with Crippen LogP contribution in [0.1, 0.15) is 72.6 Å². The van der Waals surface area contributed by atoms with Gasteiger partial charge in [0, 0.05) is 19.6 Å². The Kier molecular flexibility index (Phi) is 11.0. The molecule has 1 unspecified atom stereocenters. The summed E-state index contributed by atoms with van der Waals surface area (Å²) in [5.41, 5.74) is 7.30. The average Bonchev–Trinajstić information content (AvgIpc) is 2.52. The minimum atomic E-state index is -0.0659. The van der Waals surface area contributed by atoms with Crippen LogP contribution in [0.3, 0.4) is 0 Å². The molecular weight excluding hydrogens is 286 g/mol. The minimum absolute atomic E-state index is 0.0659. The van der Waals surface area contributed by atoms with E-state index in [-0.39, 0.29) is 6.29 Å². The Labute approximate surface area is 142 Å². The number of hydrogen-bond acceptors (Lipinski definition) is 3. The normalized spacial score (nSPS) is 19.7. The number of ether oxygens (including phenoxy) is 1. The number of hydrogen-bond donors (Lipinski definition) is 1. The van der Waals surface area contributed by atoms with E-state index in [2.05, 4.69) is 51.4 Å². The first-order valence-electron chi connectivity index (χ1n) is 9.02. The number of nitrogens with one attached hydrogen (secondary N) is 1. The molecule has 3 heteroatoms. The van der Waals surface area contributed by atoms with Gasteiger partial charge in [-0.15, -0.1) is 0 Å². The summed E-state index contributed by atoms with van der Waals surface area (Å²) in [6.45, 7) is 10.3. The Morgan fingerprint density at radius 1 is 1.00 bits per heavy atom. The second-order valence-corrected chi connectivity index (χ2v) is 6.72. The lowest BCUT2D eigenvalue weighted by Crippen LogP contribution is -2.29. The van der Waals surface area contributed by atoms with E-state index >= 15 is 0 Å². The number of allylic oxidation sites excluding steroid dienone is 5. The summed E-state index contributed by atoms with van der Waals surface area (Å²) in [6.07, 6.45) is 14.7. The lowest BCUT2D eigenvalue weighted by Gasteiger charge is -2.22. The summed E-state index contributed by atoms with van der Waals surface area (Å²) in [5.74, 6) is 0. The molecule has 1 aliphatic rings. The Bertz CT molecular complexity index is 400. The number of rotatable bonds is 10. The Morgan fingerprint density at radius 2 is 1.70 bits per heavy atom. The Hall–Kier alpha value is -0.900. The van der Waals surface area contributed by atoms with Crippen molar-refractivity contribution in [3.63, 3.8) is 0 Å². The smallest absolute Gasteiger partial charge is 0.177 e. The van der Waals surface area contributed by atoms with Gasteiger partial charge in [-0.3, -0.25) is 4.84 Å². The van der Waals surface area contributed by atoms with Crippen molar-refractivity contribution in [3.05, 3.63) is 34.9 Å². The van der Waals surface area contributed by atoms with Crippen molar-refractivity contribution >= 4 is 0 Å². The van der Waals surface area contributed by atoms with Gasteiger partial charge >= 0.3 is 0 Å². The summed E-state index contributed by atoms with van der Waals surface area (Å²) in [4.78, 5) is 5.51. The molecule has 0 saturated carbocycles. The van der Waals surface area contributed by atoms with Crippen molar-refractivity contribution in [1.82, 2.24) is 5.48 Å². The molecule has 0 radical (unpaired) electrons. The van der Waals surface area contributed by atoms with E-state index in [1.54, 1.807) is 0 Å².